The third-order valence-electron chi connectivity index (χ3n) is 5.72. The van der Waals surface area contributed by atoms with Gasteiger partial charge in [0, 0.05) is 37.5 Å². The van der Waals surface area contributed by atoms with Crippen LogP contribution in [0.1, 0.15) is 36.1 Å². The van der Waals surface area contributed by atoms with Crippen LogP contribution in [0.25, 0.3) is 9.88 Å². The van der Waals surface area contributed by atoms with Crippen molar-refractivity contribution in [3.8, 4) is 9.88 Å². The largest absolute Gasteiger partial charge is 0.338 e. The Morgan fingerprint density at radius 3 is 2.83 bits per heavy atom. The van der Waals surface area contributed by atoms with Crippen LogP contribution in [0.5, 0.6) is 0 Å². The second-order valence-corrected chi connectivity index (χ2v) is 9.57. The quantitative estimate of drug-likeness (QED) is 0.545. The van der Waals surface area contributed by atoms with Crippen molar-refractivity contribution in [2.24, 2.45) is 0 Å². The van der Waals surface area contributed by atoms with Crippen molar-refractivity contribution in [3.63, 3.8) is 0 Å². The summed E-state index contributed by atoms with van der Waals surface area (Å²) in [5, 5.41) is 5.36. The van der Waals surface area contributed by atoms with Gasteiger partial charge in [-0.3, -0.25) is 9.69 Å². The average molecular weight is 426 g/mol. The fourth-order valence-corrected chi connectivity index (χ4v) is 5.53. The van der Waals surface area contributed by atoms with Gasteiger partial charge >= 0.3 is 0 Å². The normalized spacial score (nSPS) is 17.7. The first-order chi connectivity index (χ1) is 14.1. The van der Waals surface area contributed by atoms with Gasteiger partial charge in [0.25, 0.3) is 0 Å². The van der Waals surface area contributed by atoms with Crippen LogP contribution in [0.3, 0.4) is 0 Å². The number of carbonyl (C=O) groups is 1. The van der Waals surface area contributed by atoms with E-state index in [-0.39, 0.29) is 5.91 Å². The Kier molecular flexibility index (Phi) is 6.43. The fourth-order valence-electron chi connectivity index (χ4n) is 3.90. The lowest BCUT2D eigenvalue weighted by Gasteiger charge is -2.26. The molecule has 0 aliphatic carbocycles. The summed E-state index contributed by atoms with van der Waals surface area (Å²) >= 11 is 3.45. The van der Waals surface area contributed by atoms with Gasteiger partial charge in [-0.05, 0) is 49.4 Å². The van der Waals surface area contributed by atoms with Crippen LogP contribution in [0, 0.1) is 6.92 Å². The number of hydrogen-bond acceptors (Lipinski definition) is 5. The second-order valence-electron chi connectivity index (χ2n) is 7.76. The van der Waals surface area contributed by atoms with E-state index >= 15 is 0 Å². The highest BCUT2D eigenvalue weighted by Crippen LogP contribution is 2.28. The average Bonchev–Trinajstić information content (AvgIpc) is 3.36. The standard InChI is InChI=1S/C23H27N3OS2/c1-17-6-3-4-7-18(17)14-26-12-11-20(9-10-22(26)27)25(2)15-19-16-29-23(24-19)21-8-5-13-28-21/h3-8,13,16,20H,9-12,14-15H2,1-2H3. The fraction of sp³-hybridized carbons (Fsp3) is 0.391. The van der Waals surface area contributed by atoms with Crippen molar-refractivity contribution >= 4 is 28.6 Å². The van der Waals surface area contributed by atoms with Gasteiger partial charge in [-0.25, -0.2) is 4.98 Å². The number of thiazole rings is 1. The zero-order valence-corrected chi connectivity index (χ0v) is 18.6. The highest BCUT2D eigenvalue weighted by Gasteiger charge is 2.25. The van der Waals surface area contributed by atoms with Gasteiger partial charge in [0.15, 0.2) is 0 Å². The Balaban J connectivity index is 1.36. The summed E-state index contributed by atoms with van der Waals surface area (Å²) in [7, 11) is 2.16. The first-order valence-electron chi connectivity index (χ1n) is 10.1. The first-order valence-corrected chi connectivity index (χ1v) is 11.9. The molecule has 4 nitrogen and oxygen atoms in total. The minimum Gasteiger partial charge on any atom is -0.338 e. The topological polar surface area (TPSA) is 36.4 Å². The van der Waals surface area contributed by atoms with Crippen molar-refractivity contribution in [2.45, 2.75) is 45.3 Å². The zero-order valence-electron chi connectivity index (χ0n) is 17.0. The molecule has 0 saturated carbocycles. The lowest BCUT2D eigenvalue weighted by Crippen LogP contribution is -2.33. The molecule has 6 heteroatoms. The van der Waals surface area contributed by atoms with Crippen molar-refractivity contribution in [1.82, 2.24) is 14.8 Å². The Morgan fingerprint density at radius 1 is 1.17 bits per heavy atom. The zero-order chi connectivity index (χ0) is 20.2. The number of carbonyl (C=O) groups excluding carboxylic acids is 1. The second kappa shape index (κ2) is 9.20. The van der Waals surface area contributed by atoms with Crippen molar-refractivity contribution in [1.29, 1.82) is 0 Å². The summed E-state index contributed by atoms with van der Waals surface area (Å²) in [6.45, 7) is 4.49. The van der Waals surface area contributed by atoms with Gasteiger partial charge in [0.1, 0.15) is 5.01 Å². The molecule has 1 aliphatic rings. The molecule has 1 aliphatic heterocycles. The van der Waals surface area contributed by atoms with E-state index in [1.54, 1.807) is 22.7 Å². The van der Waals surface area contributed by atoms with Crippen LogP contribution >= 0.6 is 22.7 Å². The Morgan fingerprint density at radius 2 is 2.03 bits per heavy atom. The van der Waals surface area contributed by atoms with Gasteiger partial charge in [0.05, 0.1) is 10.6 Å². The maximum Gasteiger partial charge on any atom is 0.222 e. The molecule has 1 unspecified atom stereocenters. The third-order valence-corrected chi connectivity index (χ3v) is 7.65. The molecule has 1 amide bonds. The van der Waals surface area contributed by atoms with Gasteiger partial charge in [-0.2, -0.15) is 0 Å². The third kappa shape index (κ3) is 4.94. The molecule has 1 atom stereocenters. The number of likely N-dealkylation sites (tertiary alicyclic amines) is 1. The monoisotopic (exact) mass is 425 g/mol. The first kappa shape index (κ1) is 20.3. The number of benzene rings is 1. The van der Waals surface area contributed by atoms with Gasteiger partial charge in [-0.1, -0.05) is 30.3 Å². The van der Waals surface area contributed by atoms with E-state index in [4.69, 9.17) is 4.98 Å². The van der Waals surface area contributed by atoms with E-state index in [1.807, 2.05) is 4.90 Å². The molecule has 0 spiro atoms. The van der Waals surface area contributed by atoms with Crippen LogP contribution in [0.2, 0.25) is 0 Å². The number of hydrogen-bond donors (Lipinski definition) is 0. The van der Waals surface area contributed by atoms with Crippen LogP contribution in [-0.4, -0.2) is 40.3 Å². The molecule has 1 aromatic carbocycles. The number of nitrogens with zero attached hydrogens (tertiary/aromatic N) is 3. The van der Waals surface area contributed by atoms with E-state index in [0.717, 1.165) is 43.2 Å². The minimum absolute atomic E-state index is 0.276. The van der Waals surface area contributed by atoms with Gasteiger partial charge in [0.2, 0.25) is 5.91 Å². The highest BCUT2D eigenvalue weighted by atomic mass is 32.1. The van der Waals surface area contributed by atoms with Crippen molar-refractivity contribution < 1.29 is 4.79 Å². The van der Waals surface area contributed by atoms with Crippen molar-refractivity contribution in [3.05, 3.63) is 64.0 Å². The number of thiophene rings is 1. The summed E-state index contributed by atoms with van der Waals surface area (Å²) in [6.07, 6.45) is 2.55. The van der Waals surface area contributed by atoms with Crippen LogP contribution in [-0.2, 0) is 17.9 Å². The van der Waals surface area contributed by atoms with E-state index in [1.165, 1.54) is 16.0 Å². The highest BCUT2D eigenvalue weighted by molar-refractivity contribution is 7.20. The molecule has 2 aromatic heterocycles. The Labute approximate surface area is 180 Å². The molecule has 1 fully saturated rings. The summed E-state index contributed by atoms with van der Waals surface area (Å²) in [5.41, 5.74) is 3.62. The van der Waals surface area contributed by atoms with Crippen LogP contribution in [0.4, 0.5) is 0 Å². The lowest BCUT2D eigenvalue weighted by molar-refractivity contribution is -0.131. The van der Waals surface area contributed by atoms with Gasteiger partial charge in [-0.15, -0.1) is 22.7 Å². The number of rotatable bonds is 6. The predicted molar refractivity (Wildman–Crippen MR) is 121 cm³/mol. The molecule has 152 valence electrons. The molecule has 3 aromatic rings. The number of aryl methyl sites for hydroxylation is 1. The number of aromatic nitrogens is 1. The van der Waals surface area contributed by atoms with Crippen LogP contribution in [0.15, 0.2) is 47.2 Å². The Bertz CT molecular complexity index is 951. The SMILES string of the molecule is Cc1ccccc1CN1CCC(N(C)Cc2csc(-c3cccs3)n2)CCC1=O. The smallest absolute Gasteiger partial charge is 0.222 e. The molecule has 4 rings (SSSR count). The summed E-state index contributed by atoms with van der Waals surface area (Å²) in [6, 6.07) is 13.0. The summed E-state index contributed by atoms with van der Waals surface area (Å²) < 4.78 is 0. The molecular formula is C23H27N3OS2. The van der Waals surface area contributed by atoms with E-state index in [2.05, 4.69) is 66.0 Å². The maximum absolute atomic E-state index is 12.7. The summed E-state index contributed by atoms with van der Waals surface area (Å²) in [4.78, 5) is 23.1. The molecule has 29 heavy (non-hydrogen) atoms. The lowest BCUT2D eigenvalue weighted by atomic mass is 10.1. The van der Waals surface area contributed by atoms with Gasteiger partial charge < -0.3 is 4.90 Å². The van der Waals surface area contributed by atoms with Crippen molar-refractivity contribution in [2.75, 3.05) is 13.6 Å². The Hall–Kier alpha value is -2.02. The molecule has 0 N–H and O–H groups in total. The maximum atomic E-state index is 12.7. The molecule has 1 saturated heterocycles. The number of amides is 1. The molecule has 0 bridgehead atoms. The molecule has 3 heterocycles. The predicted octanol–water partition coefficient (Wildman–Crippen LogP) is 5.19. The minimum atomic E-state index is 0.276. The van der Waals surface area contributed by atoms with Crippen LogP contribution < -0.4 is 0 Å². The van der Waals surface area contributed by atoms with E-state index in [9.17, 15) is 4.79 Å². The van der Waals surface area contributed by atoms with E-state index < -0.39 is 0 Å². The van der Waals surface area contributed by atoms with E-state index in [0.29, 0.717) is 12.5 Å². The molecule has 0 radical (unpaired) electrons. The summed E-state index contributed by atoms with van der Waals surface area (Å²) in [5.74, 6) is 0.276. The molecular weight excluding hydrogens is 398 g/mol.